The Morgan fingerprint density at radius 1 is 1.24 bits per heavy atom. The molecular formula is C13H17Br2NO. The van der Waals surface area contributed by atoms with Gasteiger partial charge in [0.25, 0.3) is 0 Å². The van der Waals surface area contributed by atoms with Crippen molar-refractivity contribution in [3.8, 4) is 0 Å². The van der Waals surface area contributed by atoms with Gasteiger partial charge in [0.15, 0.2) is 5.78 Å². The molecule has 1 saturated heterocycles. The molecule has 1 N–H and O–H groups in total. The van der Waals surface area contributed by atoms with Crippen molar-refractivity contribution in [3.63, 3.8) is 0 Å². The molecule has 1 heterocycles. The monoisotopic (exact) mass is 361 g/mol. The van der Waals surface area contributed by atoms with Crippen LogP contribution in [0.15, 0.2) is 30.3 Å². The van der Waals surface area contributed by atoms with Crippen LogP contribution in [0.25, 0.3) is 0 Å². The van der Waals surface area contributed by atoms with Crippen LogP contribution in [-0.4, -0.2) is 24.2 Å². The van der Waals surface area contributed by atoms with Gasteiger partial charge in [-0.15, -0.1) is 17.0 Å². The molecule has 17 heavy (non-hydrogen) atoms. The molecule has 4 heteroatoms. The molecule has 0 unspecified atom stereocenters. The van der Waals surface area contributed by atoms with E-state index in [0.29, 0.717) is 11.1 Å². The van der Waals surface area contributed by atoms with Crippen molar-refractivity contribution in [2.45, 2.75) is 18.3 Å². The summed E-state index contributed by atoms with van der Waals surface area (Å²) in [5.74, 6) is 0.306. The maximum atomic E-state index is 12.2. The lowest BCUT2D eigenvalue weighted by molar-refractivity contribution is -0.122. The molecule has 0 amide bonds. The Bertz CT molecular complexity index is 361. The molecular weight excluding hydrogens is 346 g/mol. The minimum absolute atomic E-state index is 0. The number of piperidine rings is 1. The van der Waals surface area contributed by atoms with Crippen LogP contribution in [0.4, 0.5) is 0 Å². The van der Waals surface area contributed by atoms with Crippen LogP contribution >= 0.6 is 32.9 Å². The Kier molecular flexibility index (Phi) is 5.83. The first-order chi connectivity index (χ1) is 7.79. The summed E-state index contributed by atoms with van der Waals surface area (Å²) in [7, 11) is 0. The van der Waals surface area contributed by atoms with E-state index in [4.69, 9.17) is 0 Å². The topological polar surface area (TPSA) is 29.1 Å². The highest BCUT2D eigenvalue weighted by Gasteiger charge is 2.39. The third-order valence-corrected chi connectivity index (χ3v) is 3.95. The van der Waals surface area contributed by atoms with Crippen LogP contribution < -0.4 is 5.32 Å². The number of carbonyl (C=O) groups is 1. The van der Waals surface area contributed by atoms with E-state index in [1.165, 1.54) is 5.56 Å². The van der Waals surface area contributed by atoms with Gasteiger partial charge in [-0.1, -0.05) is 46.3 Å². The van der Waals surface area contributed by atoms with Gasteiger partial charge in [0.1, 0.15) is 0 Å². The summed E-state index contributed by atoms with van der Waals surface area (Å²) < 4.78 is 0. The quantitative estimate of drug-likeness (QED) is 0.837. The first kappa shape index (κ1) is 14.9. The summed E-state index contributed by atoms with van der Waals surface area (Å²) in [5, 5.41) is 3.77. The summed E-state index contributed by atoms with van der Waals surface area (Å²) in [6.45, 7) is 1.85. The summed E-state index contributed by atoms with van der Waals surface area (Å²) in [4.78, 5) is 12.2. The fourth-order valence-corrected chi connectivity index (χ4v) is 3.00. The lowest BCUT2D eigenvalue weighted by atomic mass is 9.70. The first-order valence-electron chi connectivity index (χ1n) is 5.65. The number of alkyl halides is 1. The predicted molar refractivity (Wildman–Crippen MR) is 79.3 cm³/mol. The van der Waals surface area contributed by atoms with Gasteiger partial charge in [0.05, 0.1) is 10.7 Å². The predicted octanol–water partition coefficient (Wildman–Crippen LogP) is 2.85. The van der Waals surface area contributed by atoms with Gasteiger partial charge in [-0.05, 0) is 31.5 Å². The maximum Gasteiger partial charge on any atom is 0.153 e. The highest BCUT2D eigenvalue weighted by molar-refractivity contribution is 9.09. The Morgan fingerprint density at radius 3 is 2.35 bits per heavy atom. The van der Waals surface area contributed by atoms with Crippen molar-refractivity contribution >= 4 is 38.7 Å². The normalized spacial score (nSPS) is 18.2. The highest BCUT2D eigenvalue weighted by atomic mass is 79.9. The molecule has 2 nitrogen and oxygen atoms in total. The number of benzene rings is 1. The van der Waals surface area contributed by atoms with Gasteiger partial charge in [0, 0.05) is 0 Å². The average molecular weight is 363 g/mol. The van der Waals surface area contributed by atoms with Crippen LogP contribution in [0.3, 0.4) is 0 Å². The van der Waals surface area contributed by atoms with E-state index in [2.05, 4.69) is 33.4 Å². The number of Topliss-reactive ketones (excluding diaryl/α,β-unsaturated/α-hetero) is 1. The Labute approximate surface area is 121 Å². The van der Waals surface area contributed by atoms with Gasteiger partial charge in [-0.3, -0.25) is 4.79 Å². The Morgan fingerprint density at radius 2 is 1.82 bits per heavy atom. The summed E-state index contributed by atoms with van der Waals surface area (Å²) in [5.41, 5.74) is 0.900. The van der Waals surface area contributed by atoms with E-state index in [9.17, 15) is 4.79 Å². The smallest absolute Gasteiger partial charge is 0.153 e. The maximum absolute atomic E-state index is 12.2. The number of nitrogens with one attached hydrogen (secondary N) is 1. The fraction of sp³-hybridized carbons (Fsp3) is 0.462. The second kappa shape index (κ2) is 6.66. The zero-order chi connectivity index (χ0) is 11.4. The van der Waals surface area contributed by atoms with E-state index in [-0.39, 0.29) is 22.4 Å². The number of hydrogen-bond donors (Lipinski definition) is 1. The van der Waals surface area contributed by atoms with Gasteiger partial charge in [-0.2, -0.15) is 0 Å². The number of ketones is 1. The molecule has 94 valence electrons. The second-order valence-corrected chi connectivity index (χ2v) is 4.82. The second-order valence-electron chi connectivity index (χ2n) is 4.25. The minimum Gasteiger partial charge on any atom is -0.317 e. The molecule has 0 aromatic heterocycles. The first-order valence-corrected chi connectivity index (χ1v) is 6.77. The molecule has 0 aliphatic carbocycles. The van der Waals surface area contributed by atoms with Gasteiger partial charge >= 0.3 is 0 Å². The highest BCUT2D eigenvalue weighted by Crippen LogP contribution is 2.34. The van der Waals surface area contributed by atoms with E-state index in [1.807, 2.05) is 18.2 Å². The van der Waals surface area contributed by atoms with Gasteiger partial charge < -0.3 is 5.32 Å². The van der Waals surface area contributed by atoms with E-state index < -0.39 is 0 Å². The zero-order valence-electron chi connectivity index (χ0n) is 9.62. The lowest BCUT2D eigenvalue weighted by Crippen LogP contribution is -2.46. The molecule has 1 aromatic rings. The SMILES string of the molecule is Br.O=C(CBr)C1(c2ccccc2)CCNCC1. The van der Waals surface area contributed by atoms with Crippen molar-refractivity contribution in [3.05, 3.63) is 35.9 Å². The Balaban J connectivity index is 0.00000144. The minimum atomic E-state index is -0.268. The molecule has 0 radical (unpaired) electrons. The van der Waals surface area contributed by atoms with Gasteiger partial charge in [0.2, 0.25) is 0 Å². The van der Waals surface area contributed by atoms with Crippen molar-refractivity contribution in [1.82, 2.24) is 5.32 Å². The number of halogens is 2. The third-order valence-electron chi connectivity index (χ3n) is 3.44. The number of hydrogen-bond acceptors (Lipinski definition) is 2. The molecule has 2 rings (SSSR count). The molecule has 1 fully saturated rings. The van der Waals surface area contributed by atoms with E-state index >= 15 is 0 Å². The van der Waals surface area contributed by atoms with E-state index in [1.54, 1.807) is 0 Å². The average Bonchev–Trinajstić information content (AvgIpc) is 2.39. The van der Waals surface area contributed by atoms with Crippen LogP contribution in [0.5, 0.6) is 0 Å². The number of rotatable bonds is 3. The summed E-state index contributed by atoms with van der Waals surface area (Å²) >= 11 is 3.31. The molecule has 1 aliphatic rings. The van der Waals surface area contributed by atoms with E-state index in [0.717, 1.165) is 25.9 Å². The zero-order valence-corrected chi connectivity index (χ0v) is 12.9. The van der Waals surface area contributed by atoms with Crippen molar-refractivity contribution in [2.24, 2.45) is 0 Å². The standard InChI is InChI=1S/C13H16BrNO.BrH/c14-10-12(16)13(6-8-15-9-7-13)11-4-2-1-3-5-11;/h1-5,15H,6-10H2;1H. The summed E-state index contributed by atoms with van der Waals surface area (Å²) in [6.07, 6.45) is 1.81. The molecule has 1 aliphatic heterocycles. The van der Waals surface area contributed by atoms with Crippen LogP contribution in [0.1, 0.15) is 18.4 Å². The van der Waals surface area contributed by atoms with Gasteiger partial charge in [-0.25, -0.2) is 0 Å². The van der Waals surface area contributed by atoms with Crippen molar-refractivity contribution < 1.29 is 4.79 Å². The molecule has 0 saturated carbocycles. The third kappa shape index (κ3) is 2.98. The van der Waals surface area contributed by atoms with Crippen molar-refractivity contribution in [2.75, 3.05) is 18.4 Å². The molecule has 0 bridgehead atoms. The van der Waals surface area contributed by atoms with Crippen LogP contribution in [-0.2, 0) is 10.2 Å². The van der Waals surface area contributed by atoms with Crippen LogP contribution in [0.2, 0.25) is 0 Å². The fourth-order valence-electron chi connectivity index (χ4n) is 2.47. The molecule has 1 aromatic carbocycles. The Hall–Kier alpha value is -0.190. The summed E-state index contributed by atoms with van der Waals surface area (Å²) in [6, 6.07) is 10.2. The molecule has 0 atom stereocenters. The largest absolute Gasteiger partial charge is 0.317 e. The lowest BCUT2D eigenvalue weighted by Gasteiger charge is -2.36. The number of carbonyl (C=O) groups excluding carboxylic acids is 1. The van der Waals surface area contributed by atoms with Crippen LogP contribution in [0, 0.1) is 0 Å². The van der Waals surface area contributed by atoms with Crippen molar-refractivity contribution in [1.29, 1.82) is 0 Å². The molecule has 0 spiro atoms.